The molecule has 0 radical (unpaired) electrons. The number of aromatic nitrogens is 4. The Balaban J connectivity index is 1.40. The molecule has 4 rings (SSSR count). The van der Waals surface area contributed by atoms with E-state index in [9.17, 15) is 0 Å². The van der Waals surface area contributed by atoms with Crippen molar-refractivity contribution in [1.82, 2.24) is 19.9 Å². The summed E-state index contributed by atoms with van der Waals surface area (Å²) >= 11 is 0. The van der Waals surface area contributed by atoms with E-state index in [1.807, 2.05) is 60.9 Å². The molecule has 0 aliphatic heterocycles. The first-order chi connectivity index (χ1) is 12.9. The SMILES string of the molecule is c1ccc(-c2ccc(CCc3ccc(-c4ccccn4)nc3)cn2)nc1. The zero-order valence-electron chi connectivity index (χ0n) is 14.3. The fourth-order valence-electron chi connectivity index (χ4n) is 2.77. The number of pyridine rings is 4. The highest BCUT2D eigenvalue weighted by atomic mass is 14.8. The van der Waals surface area contributed by atoms with E-state index >= 15 is 0 Å². The third kappa shape index (κ3) is 3.81. The van der Waals surface area contributed by atoms with Gasteiger partial charge in [-0.25, -0.2) is 0 Å². The van der Waals surface area contributed by atoms with Crippen LogP contribution in [0.15, 0.2) is 85.5 Å². The molecule has 126 valence electrons. The van der Waals surface area contributed by atoms with Gasteiger partial charge in [0.05, 0.1) is 22.8 Å². The van der Waals surface area contributed by atoms with Gasteiger partial charge < -0.3 is 0 Å². The molecule has 0 unspecified atom stereocenters. The minimum Gasteiger partial charge on any atom is -0.255 e. The maximum atomic E-state index is 4.53. The van der Waals surface area contributed by atoms with Crippen LogP contribution in [0, 0.1) is 0 Å². The molecule has 0 N–H and O–H groups in total. The molecule has 4 aromatic heterocycles. The molecular formula is C22H18N4. The molecule has 0 aromatic carbocycles. The van der Waals surface area contributed by atoms with Gasteiger partial charge in [0.15, 0.2) is 0 Å². The average Bonchev–Trinajstić information content (AvgIpc) is 2.74. The number of rotatable bonds is 5. The number of aryl methyl sites for hydroxylation is 2. The van der Waals surface area contributed by atoms with Crippen LogP contribution in [0.1, 0.15) is 11.1 Å². The maximum absolute atomic E-state index is 4.53. The summed E-state index contributed by atoms with van der Waals surface area (Å²) in [6, 6.07) is 20.0. The van der Waals surface area contributed by atoms with E-state index in [2.05, 4.69) is 32.1 Å². The Morgan fingerprint density at radius 2 is 0.923 bits per heavy atom. The number of hydrogen-bond donors (Lipinski definition) is 0. The predicted octanol–water partition coefficient (Wildman–Crippen LogP) is 4.39. The number of hydrogen-bond acceptors (Lipinski definition) is 4. The molecule has 4 heterocycles. The topological polar surface area (TPSA) is 51.6 Å². The molecule has 0 amide bonds. The van der Waals surface area contributed by atoms with Crippen molar-refractivity contribution < 1.29 is 0 Å². The third-order valence-electron chi connectivity index (χ3n) is 4.21. The lowest BCUT2D eigenvalue weighted by atomic mass is 10.1. The molecule has 0 spiro atoms. The van der Waals surface area contributed by atoms with E-state index in [1.54, 1.807) is 12.4 Å². The van der Waals surface area contributed by atoms with Gasteiger partial charge in [-0.3, -0.25) is 19.9 Å². The van der Waals surface area contributed by atoms with Gasteiger partial charge in [0, 0.05) is 24.8 Å². The van der Waals surface area contributed by atoms with Crippen LogP contribution in [0.2, 0.25) is 0 Å². The molecule has 0 fully saturated rings. The third-order valence-corrected chi connectivity index (χ3v) is 4.21. The zero-order valence-corrected chi connectivity index (χ0v) is 14.3. The lowest BCUT2D eigenvalue weighted by Crippen LogP contribution is -1.95. The van der Waals surface area contributed by atoms with Gasteiger partial charge in [-0.15, -0.1) is 0 Å². The highest BCUT2D eigenvalue weighted by Gasteiger charge is 2.03. The van der Waals surface area contributed by atoms with Gasteiger partial charge in [-0.2, -0.15) is 0 Å². The standard InChI is InChI=1S/C22H18N4/c1-3-13-23-19(5-1)21-11-9-17(15-25-21)7-8-18-10-12-22(26-16-18)20-6-2-4-14-24-20/h1-6,9-16H,7-8H2. The van der Waals surface area contributed by atoms with Crippen molar-refractivity contribution in [2.75, 3.05) is 0 Å². The second-order valence-corrected chi connectivity index (χ2v) is 6.03. The Morgan fingerprint density at radius 3 is 1.27 bits per heavy atom. The molecule has 0 saturated heterocycles. The summed E-state index contributed by atoms with van der Waals surface area (Å²) in [5.41, 5.74) is 6.00. The van der Waals surface area contributed by atoms with Crippen LogP contribution in [0.5, 0.6) is 0 Å². The smallest absolute Gasteiger partial charge is 0.0886 e. The zero-order chi connectivity index (χ0) is 17.6. The van der Waals surface area contributed by atoms with Crippen molar-refractivity contribution >= 4 is 0 Å². The minimum absolute atomic E-state index is 0.897. The molecule has 0 aliphatic rings. The molecule has 0 saturated carbocycles. The Labute approximate surface area is 152 Å². The monoisotopic (exact) mass is 338 g/mol. The molecule has 0 atom stereocenters. The summed E-state index contributed by atoms with van der Waals surface area (Å²) in [6.07, 6.45) is 9.29. The second kappa shape index (κ2) is 7.66. The minimum atomic E-state index is 0.897. The van der Waals surface area contributed by atoms with E-state index in [0.717, 1.165) is 35.6 Å². The summed E-state index contributed by atoms with van der Waals surface area (Å²) in [4.78, 5) is 17.7. The van der Waals surface area contributed by atoms with Crippen LogP contribution in [-0.2, 0) is 12.8 Å². The first-order valence-electron chi connectivity index (χ1n) is 8.61. The molecule has 4 aromatic rings. The van der Waals surface area contributed by atoms with Crippen molar-refractivity contribution in [2.24, 2.45) is 0 Å². The highest BCUT2D eigenvalue weighted by Crippen LogP contribution is 2.16. The van der Waals surface area contributed by atoms with Crippen LogP contribution < -0.4 is 0 Å². The Hall–Kier alpha value is -3.40. The normalized spacial score (nSPS) is 10.6. The summed E-state index contributed by atoms with van der Waals surface area (Å²) < 4.78 is 0. The van der Waals surface area contributed by atoms with Crippen molar-refractivity contribution in [3.8, 4) is 22.8 Å². The molecule has 4 heteroatoms. The largest absolute Gasteiger partial charge is 0.255 e. The Morgan fingerprint density at radius 1 is 0.462 bits per heavy atom. The summed E-state index contributed by atoms with van der Waals surface area (Å²) in [7, 11) is 0. The van der Waals surface area contributed by atoms with Crippen LogP contribution in [-0.4, -0.2) is 19.9 Å². The van der Waals surface area contributed by atoms with Crippen LogP contribution in [0.3, 0.4) is 0 Å². The maximum Gasteiger partial charge on any atom is 0.0886 e. The van der Waals surface area contributed by atoms with Gasteiger partial charge in [-0.1, -0.05) is 24.3 Å². The summed E-state index contributed by atoms with van der Waals surface area (Å²) in [6.45, 7) is 0. The van der Waals surface area contributed by atoms with Crippen molar-refractivity contribution in [1.29, 1.82) is 0 Å². The van der Waals surface area contributed by atoms with Crippen LogP contribution in [0.25, 0.3) is 22.8 Å². The quantitative estimate of drug-likeness (QED) is 0.542. The lowest BCUT2D eigenvalue weighted by molar-refractivity contribution is 0.941. The number of nitrogens with zero attached hydrogens (tertiary/aromatic N) is 4. The molecule has 26 heavy (non-hydrogen) atoms. The van der Waals surface area contributed by atoms with Gasteiger partial charge in [0.1, 0.15) is 0 Å². The van der Waals surface area contributed by atoms with E-state index in [4.69, 9.17) is 0 Å². The highest BCUT2D eigenvalue weighted by molar-refractivity contribution is 5.54. The van der Waals surface area contributed by atoms with Crippen molar-refractivity contribution in [3.63, 3.8) is 0 Å². The van der Waals surface area contributed by atoms with E-state index < -0.39 is 0 Å². The van der Waals surface area contributed by atoms with E-state index in [0.29, 0.717) is 0 Å². The molecular weight excluding hydrogens is 320 g/mol. The van der Waals surface area contributed by atoms with Gasteiger partial charge in [-0.05, 0) is 60.4 Å². The average molecular weight is 338 g/mol. The first-order valence-corrected chi connectivity index (χ1v) is 8.61. The summed E-state index contributed by atoms with van der Waals surface area (Å²) in [5.74, 6) is 0. The molecule has 0 aliphatic carbocycles. The van der Waals surface area contributed by atoms with E-state index in [-0.39, 0.29) is 0 Å². The van der Waals surface area contributed by atoms with Crippen LogP contribution in [0.4, 0.5) is 0 Å². The first kappa shape index (κ1) is 16.1. The van der Waals surface area contributed by atoms with Gasteiger partial charge >= 0.3 is 0 Å². The fourth-order valence-corrected chi connectivity index (χ4v) is 2.77. The summed E-state index contributed by atoms with van der Waals surface area (Å²) in [5, 5.41) is 0. The van der Waals surface area contributed by atoms with Gasteiger partial charge in [0.2, 0.25) is 0 Å². The Kier molecular flexibility index (Phi) is 4.74. The molecule has 4 nitrogen and oxygen atoms in total. The fraction of sp³-hybridized carbons (Fsp3) is 0.0909. The predicted molar refractivity (Wildman–Crippen MR) is 102 cm³/mol. The molecule has 0 bridgehead atoms. The van der Waals surface area contributed by atoms with Crippen LogP contribution >= 0.6 is 0 Å². The lowest BCUT2D eigenvalue weighted by Gasteiger charge is -2.05. The van der Waals surface area contributed by atoms with Crippen molar-refractivity contribution in [3.05, 3.63) is 96.6 Å². The second-order valence-electron chi connectivity index (χ2n) is 6.03. The Bertz CT molecular complexity index is 867. The van der Waals surface area contributed by atoms with E-state index in [1.165, 1.54) is 11.1 Å². The van der Waals surface area contributed by atoms with Gasteiger partial charge in [0.25, 0.3) is 0 Å². The van der Waals surface area contributed by atoms with Crippen molar-refractivity contribution in [2.45, 2.75) is 12.8 Å².